The summed E-state index contributed by atoms with van der Waals surface area (Å²) < 4.78 is 28.5. The highest BCUT2D eigenvalue weighted by Gasteiger charge is 2.33. The monoisotopic (exact) mass is 541 g/mol. The molecule has 0 heterocycles. The molecule has 2 amide bonds. The van der Waals surface area contributed by atoms with E-state index in [1.54, 1.807) is 24.3 Å². The van der Waals surface area contributed by atoms with Crippen LogP contribution in [0.5, 0.6) is 0 Å². The summed E-state index contributed by atoms with van der Waals surface area (Å²) in [5.74, 6) is -0.768. The van der Waals surface area contributed by atoms with E-state index in [0.717, 1.165) is 15.4 Å². The largest absolute Gasteiger partial charge is 0.357 e. The highest BCUT2D eigenvalue weighted by atomic mass is 35.5. The minimum atomic E-state index is -4.11. The maximum absolute atomic E-state index is 13.8. The second-order valence-electron chi connectivity index (χ2n) is 8.66. The lowest BCUT2D eigenvalue weighted by Gasteiger charge is -2.33. The minimum Gasteiger partial charge on any atom is -0.357 e. The SMILES string of the molecule is CC[C@@H](C(=O)NC)N(CCc1ccccc1)C(=O)CN(c1ccc(C)cc1)S(=O)(=O)c1ccc(Cl)cc1. The van der Waals surface area contributed by atoms with Crippen LogP contribution < -0.4 is 9.62 Å². The molecular weight excluding hydrogens is 510 g/mol. The van der Waals surface area contributed by atoms with Crippen molar-refractivity contribution in [1.82, 2.24) is 10.2 Å². The summed E-state index contributed by atoms with van der Waals surface area (Å²) in [5.41, 5.74) is 2.32. The first-order valence-electron chi connectivity index (χ1n) is 12.1. The molecule has 0 fully saturated rings. The number of carbonyl (C=O) groups excluding carboxylic acids is 2. The molecule has 3 rings (SSSR count). The smallest absolute Gasteiger partial charge is 0.264 e. The Balaban J connectivity index is 1.99. The van der Waals surface area contributed by atoms with E-state index in [9.17, 15) is 18.0 Å². The predicted molar refractivity (Wildman–Crippen MR) is 147 cm³/mol. The van der Waals surface area contributed by atoms with E-state index in [0.29, 0.717) is 23.6 Å². The zero-order valence-electron chi connectivity index (χ0n) is 21.2. The molecule has 196 valence electrons. The number of carbonyl (C=O) groups is 2. The predicted octanol–water partition coefficient (Wildman–Crippen LogP) is 4.44. The van der Waals surface area contributed by atoms with Gasteiger partial charge in [0.25, 0.3) is 10.0 Å². The molecule has 0 saturated carbocycles. The number of anilines is 1. The number of hydrogen-bond acceptors (Lipinski definition) is 4. The number of halogens is 1. The Hall–Kier alpha value is -3.36. The van der Waals surface area contributed by atoms with Gasteiger partial charge in [0, 0.05) is 18.6 Å². The summed E-state index contributed by atoms with van der Waals surface area (Å²) >= 11 is 5.97. The molecule has 1 N–H and O–H groups in total. The average molecular weight is 542 g/mol. The Kier molecular flexibility index (Phi) is 9.72. The molecule has 3 aromatic rings. The van der Waals surface area contributed by atoms with Gasteiger partial charge in [0.05, 0.1) is 10.6 Å². The molecule has 0 bridgehead atoms. The van der Waals surface area contributed by atoms with E-state index >= 15 is 0 Å². The van der Waals surface area contributed by atoms with Gasteiger partial charge in [-0.05, 0) is 61.7 Å². The van der Waals surface area contributed by atoms with Gasteiger partial charge >= 0.3 is 0 Å². The molecular formula is C28H32ClN3O4S. The van der Waals surface area contributed by atoms with Gasteiger partial charge in [-0.2, -0.15) is 0 Å². The second-order valence-corrected chi connectivity index (χ2v) is 11.0. The van der Waals surface area contributed by atoms with E-state index in [1.165, 1.54) is 36.2 Å². The number of rotatable bonds is 11. The third kappa shape index (κ3) is 7.11. The van der Waals surface area contributed by atoms with Gasteiger partial charge in [-0.1, -0.05) is 66.6 Å². The van der Waals surface area contributed by atoms with Crippen LogP contribution >= 0.6 is 11.6 Å². The summed E-state index contributed by atoms with van der Waals surface area (Å²) in [6.07, 6.45) is 0.906. The van der Waals surface area contributed by atoms with E-state index in [2.05, 4.69) is 5.32 Å². The fraction of sp³-hybridized carbons (Fsp3) is 0.286. The summed E-state index contributed by atoms with van der Waals surface area (Å²) in [7, 11) is -2.59. The van der Waals surface area contributed by atoms with E-state index in [4.69, 9.17) is 11.6 Å². The fourth-order valence-electron chi connectivity index (χ4n) is 4.04. The van der Waals surface area contributed by atoms with Gasteiger partial charge in [-0.25, -0.2) is 8.42 Å². The van der Waals surface area contributed by atoms with Crippen LogP contribution in [0.25, 0.3) is 0 Å². The van der Waals surface area contributed by atoms with Gasteiger partial charge in [0.15, 0.2) is 0 Å². The first kappa shape index (κ1) is 28.2. The third-order valence-electron chi connectivity index (χ3n) is 6.12. The number of nitrogens with zero attached hydrogens (tertiary/aromatic N) is 2. The molecule has 0 saturated heterocycles. The molecule has 37 heavy (non-hydrogen) atoms. The summed E-state index contributed by atoms with van der Waals surface area (Å²) in [6.45, 7) is 3.52. The summed E-state index contributed by atoms with van der Waals surface area (Å²) in [4.78, 5) is 28.0. The van der Waals surface area contributed by atoms with Crippen molar-refractivity contribution in [1.29, 1.82) is 0 Å². The summed E-state index contributed by atoms with van der Waals surface area (Å²) in [5, 5.41) is 3.03. The van der Waals surface area contributed by atoms with Gasteiger partial charge in [-0.15, -0.1) is 0 Å². The number of benzene rings is 3. The van der Waals surface area contributed by atoms with Gasteiger partial charge in [0.2, 0.25) is 11.8 Å². The molecule has 7 nitrogen and oxygen atoms in total. The molecule has 0 aliphatic carbocycles. The lowest BCUT2D eigenvalue weighted by molar-refractivity contribution is -0.139. The number of likely N-dealkylation sites (N-methyl/N-ethyl adjacent to an activating group) is 1. The van der Waals surface area contributed by atoms with Crippen LogP contribution in [-0.4, -0.2) is 51.3 Å². The Morgan fingerprint density at radius 2 is 1.57 bits per heavy atom. The maximum atomic E-state index is 13.8. The number of aryl methyl sites for hydroxylation is 1. The van der Waals surface area contributed by atoms with Crippen molar-refractivity contribution >= 4 is 39.1 Å². The average Bonchev–Trinajstić information content (AvgIpc) is 2.90. The van der Waals surface area contributed by atoms with Crippen LogP contribution in [-0.2, 0) is 26.0 Å². The highest BCUT2D eigenvalue weighted by molar-refractivity contribution is 7.92. The molecule has 1 atom stereocenters. The van der Waals surface area contributed by atoms with Gasteiger partial charge in [0.1, 0.15) is 12.6 Å². The Morgan fingerprint density at radius 3 is 2.14 bits per heavy atom. The fourth-order valence-corrected chi connectivity index (χ4v) is 5.58. The number of hydrogen-bond donors (Lipinski definition) is 1. The van der Waals surface area contributed by atoms with Crippen molar-refractivity contribution in [2.45, 2.75) is 37.6 Å². The number of sulfonamides is 1. The Labute approximate surface area is 224 Å². The zero-order valence-corrected chi connectivity index (χ0v) is 22.8. The van der Waals surface area contributed by atoms with Crippen LogP contribution in [0.4, 0.5) is 5.69 Å². The van der Waals surface area contributed by atoms with Crippen molar-refractivity contribution in [3.63, 3.8) is 0 Å². The first-order valence-corrected chi connectivity index (χ1v) is 13.9. The quantitative estimate of drug-likeness (QED) is 0.389. The van der Waals surface area contributed by atoms with E-state index in [-0.39, 0.29) is 17.3 Å². The highest BCUT2D eigenvalue weighted by Crippen LogP contribution is 2.26. The first-order chi connectivity index (χ1) is 17.7. The van der Waals surface area contributed by atoms with Crippen molar-refractivity contribution in [2.24, 2.45) is 0 Å². The van der Waals surface area contributed by atoms with Crippen molar-refractivity contribution in [2.75, 3.05) is 24.4 Å². The minimum absolute atomic E-state index is 0.0134. The van der Waals surface area contributed by atoms with Gasteiger partial charge < -0.3 is 10.2 Å². The lowest BCUT2D eigenvalue weighted by Crippen LogP contribution is -2.52. The van der Waals surface area contributed by atoms with Crippen molar-refractivity contribution < 1.29 is 18.0 Å². The van der Waals surface area contributed by atoms with Crippen LogP contribution in [0.3, 0.4) is 0 Å². The second kappa shape index (κ2) is 12.7. The Morgan fingerprint density at radius 1 is 0.946 bits per heavy atom. The Bertz CT molecular complexity index is 1300. The molecule has 0 radical (unpaired) electrons. The van der Waals surface area contributed by atoms with Crippen LogP contribution in [0.2, 0.25) is 5.02 Å². The summed E-state index contributed by atoms with van der Waals surface area (Å²) in [6, 6.07) is 21.6. The lowest BCUT2D eigenvalue weighted by atomic mass is 10.1. The normalized spacial score (nSPS) is 12.0. The third-order valence-corrected chi connectivity index (χ3v) is 8.16. The van der Waals surface area contributed by atoms with E-state index < -0.39 is 28.5 Å². The number of nitrogens with one attached hydrogen (secondary N) is 1. The molecule has 0 spiro atoms. The maximum Gasteiger partial charge on any atom is 0.264 e. The van der Waals surface area contributed by atoms with Crippen molar-refractivity contribution in [3.05, 3.63) is 95.0 Å². The van der Waals surface area contributed by atoms with Crippen molar-refractivity contribution in [3.8, 4) is 0 Å². The molecule has 0 aliphatic heterocycles. The van der Waals surface area contributed by atoms with E-state index in [1.807, 2.05) is 44.2 Å². The van der Waals surface area contributed by atoms with Crippen LogP contribution in [0.15, 0.2) is 83.8 Å². The molecule has 0 aromatic heterocycles. The molecule has 0 unspecified atom stereocenters. The molecule has 0 aliphatic rings. The van der Waals surface area contributed by atoms with Crippen LogP contribution in [0, 0.1) is 6.92 Å². The van der Waals surface area contributed by atoms with Crippen LogP contribution in [0.1, 0.15) is 24.5 Å². The molecule has 9 heteroatoms. The topological polar surface area (TPSA) is 86.8 Å². The molecule has 3 aromatic carbocycles. The standard InChI is InChI=1S/C28H32ClN3O4S/c1-4-26(28(34)30-3)31(19-18-22-8-6-5-7-9-22)27(33)20-32(24-14-10-21(2)11-15-24)37(35,36)25-16-12-23(29)13-17-25/h5-17,26H,4,18-20H2,1-3H3,(H,30,34)/t26-/m0/s1. The van der Waals surface area contributed by atoms with Gasteiger partial charge in [-0.3, -0.25) is 13.9 Å². The zero-order chi connectivity index (χ0) is 27.0. The number of amides is 2.